The molecule has 0 aliphatic rings. The van der Waals surface area contributed by atoms with Crippen LogP contribution in [-0.2, 0) is 22.6 Å². The number of rotatable bonds is 12. The van der Waals surface area contributed by atoms with Crippen molar-refractivity contribution in [2.45, 2.75) is 32.9 Å². The number of benzene rings is 2. The summed E-state index contributed by atoms with van der Waals surface area (Å²) in [5.41, 5.74) is 2.29. The average molecular weight is 385 g/mol. The molecule has 0 bridgehead atoms. The van der Waals surface area contributed by atoms with Gasteiger partial charge in [0.1, 0.15) is 12.4 Å². The van der Waals surface area contributed by atoms with Gasteiger partial charge in [0.05, 0.1) is 13.7 Å². The summed E-state index contributed by atoms with van der Waals surface area (Å²) < 4.78 is 10.7. The normalized spacial score (nSPS) is 12.0. The van der Waals surface area contributed by atoms with E-state index in [-0.39, 0.29) is 18.6 Å². The maximum atomic E-state index is 12.2. The highest BCUT2D eigenvalue weighted by Gasteiger charge is 2.17. The number of ether oxygens (including phenoxy) is 2. The summed E-state index contributed by atoms with van der Waals surface area (Å²) in [7, 11) is 1.64. The minimum Gasteiger partial charge on any atom is -0.497 e. The van der Waals surface area contributed by atoms with E-state index in [4.69, 9.17) is 9.47 Å². The first-order valence-corrected chi connectivity index (χ1v) is 9.91. The Hall–Kier alpha value is -2.37. The van der Waals surface area contributed by atoms with Crippen LogP contribution in [0.4, 0.5) is 0 Å². The van der Waals surface area contributed by atoms with E-state index in [2.05, 4.69) is 48.3 Å². The fraction of sp³-hybridized carbons (Fsp3) is 0.435. The van der Waals surface area contributed by atoms with Gasteiger partial charge in [0.2, 0.25) is 5.91 Å². The summed E-state index contributed by atoms with van der Waals surface area (Å²) in [6.45, 7) is 7.29. The molecule has 5 nitrogen and oxygen atoms in total. The van der Waals surface area contributed by atoms with E-state index in [1.807, 2.05) is 30.3 Å². The van der Waals surface area contributed by atoms with Crippen molar-refractivity contribution in [3.63, 3.8) is 0 Å². The molecular weight excluding hydrogens is 352 g/mol. The highest BCUT2D eigenvalue weighted by molar-refractivity contribution is 5.77. The van der Waals surface area contributed by atoms with Crippen LogP contribution in [-0.4, -0.2) is 50.2 Å². The first-order chi connectivity index (χ1) is 13.7. The predicted molar refractivity (Wildman–Crippen MR) is 113 cm³/mol. The van der Waals surface area contributed by atoms with Gasteiger partial charge in [-0.2, -0.15) is 0 Å². The van der Waals surface area contributed by atoms with Crippen LogP contribution >= 0.6 is 0 Å². The number of carbonyl (C=O) groups is 1. The van der Waals surface area contributed by atoms with Gasteiger partial charge in [0, 0.05) is 12.6 Å². The van der Waals surface area contributed by atoms with Gasteiger partial charge in [0.15, 0.2) is 0 Å². The van der Waals surface area contributed by atoms with Crippen LogP contribution in [0.25, 0.3) is 0 Å². The Morgan fingerprint density at radius 3 is 2.29 bits per heavy atom. The van der Waals surface area contributed by atoms with E-state index < -0.39 is 0 Å². The summed E-state index contributed by atoms with van der Waals surface area (Å²) in [5.74, 6) is 0.723. The fourth-order valence-corrected chi connectivity index (χ4v) is 3.22. The number of hydrogen-bond donors (Lipinski definition) is 1. The maximum Gasteiger partial charge on any atom is 0.246 e. The molecule has 0 heterocycles. The Morgan fingerprint density at radius 2 is 1.68 bits per heavy atom. The van der Waals surface area contributed by atoms with Gasteiger partial charge in [0.25, 0.3) is 0 Å². The number of carbonyl (C=O) groups excluding carboxylic acids is 1. The second kappa shape index (κ2) is 12.2. The first-order valence-electron chi connectivity index (χ1n) is 9.91. The van der Waals surface area contributed by atoms with Gasteiger partial charge in [-0.1, -0.05) is 56.3 Å². The van der Waals surface area contributed by atoms with Crippen molar-refractivity contribution in [3.8, 4) is 5.75 Å². The summed E-state index contributed by atoms with van der Waals surface area (Å²) in [4.78, 5) is 14.6. The molecule has 1 amide bonds. The van der Waals surface area contributed by atoms with Crippen molar-refractivity contribution in [2.24, 2.45) is 0 Å². The lowest BCUT2D eigenvalue weighted by Gasteiger charge is -2.30. The van der Waals surface area contributed by atoms with Gasteiger partial charge in [-0.25, -0.2) is 0 Å². The minimum absolute atomic E-state index is 0.0579. The van der Waals surface area contributed by atoms with Gasteiger partial charge >= 0.3 is 0 Å². The number of likely N-dealkylation sites (N-methyl/N-ethyl adjacent to an activating group) is 1. The standard InChI is InChI=1S/C23H32N2O3/c1-4-25(5-2)21(15-19-9-7-6-8-10-19)16-24-23(26)18-28-17-20-11-13-22(27-3)14-12-20/h6-14,21H,4-5,15-18H2,1-3H3,(H,24,26). The van der Waals surface area contributed by atoms with E-state index in [1.54, 1.807) is 7.11 Å². The number of hydrogen-bond acceptors (Lipinski definition) is 4. The third kappa shape index (κ3) is 7.33. The molecule has 2 aromatic carbocycles. The summed E-state index contributed by atoms with van der Waals surface area (Å²) in [6, 6.07) is 18.3. The molecule has 152 valence electrons. The molecule has 0 saturated carbocycles. The molecule has 28 heavy (non-hydrogen) atoms. The van der Waals surface area contributed by atoms with Crippen molar-refractivity contribution in [1.82, 2.24) is 10.2 Å². The van der Waals surface area contributed by atoms with Crippen molar-refractivity contribution in [2.75, 3.05) is 33.4 Å². The van der Waals surface area contributed by atoms with E-state index in [1.165, 1.54) is 5.56 Å². The topological polar surface area (TPSA) is 50.8 Å². The van der Waals surface area contributed by atoms with E-state index >= 15 is 0 Å². The number of nitrogens with zero attached hydrogens (tertiary/aromatic N) is 1. The predicted octanol–water partition coefficient (Wildman–Crippen LogP) is 3.28. The Balaban J connectivity index is 1.79. The van der Waals surface area contributed by atoms with Crippen LogP contribution in [0.15, 0.2) is 54.6 Å². The van der Waals surface area contributed by atoms with E-state index in [0.717, 1.165) is 30.8 Å². The molecular formula is C23H32N2O3. The largest absolute Gasteiger partial charge is 0.497 e. The molecule has 0 spiro atoms. The zero-order valence-electron chi connectivity index (χ0n) is 17.2. The molecule has 1 atom stereocenters. The third-order valence-corrected chi connectivity index (χ3v) is 4.84. The Bertz CT molecular complexity index is 685. The van der Waals surface area contributed by atoms with Crippen molar-refractivity contribution in [3.05, 3.63) is 65.7 Å². The smallest absolute Gasteiger partial charge is 0.246 e. The summed E-state index contributed by atoms with van der Waals surface area (Å²) >= 11 is 0. The molecule has 2 rings (SSSR count). The molecule has 0 fully saturated rings. The lowest BCUT2D eigenvalue weighted by molar-refractivity contribution is -0.126. The van der Waals surface area contributed by atoms with Crippen molar-refractivity contribution >= 4 is 5.91 Å². The fourth-order valence-electron chi connectivity index (χ4n) is 3.22. The van der Waals surface area contributed by atoms with Gasteiger partial charge in [-0.05, 0) is 42.8 Å². The maximum absolute atomic E-state index is 12.2. The molecule has 0 radical (unpaired) electrons. The molecule has 0 aromatic heterocycles. The quantitative estimate of drug-likeness (QED) is 0.610. The lowest BCUT2D eigenvalue weighted by atomic mass is 10.0. The SMILES string of the molecule is CCN(CC)C(CNC(=O)COCc1ccc(OC)cc1)Cc1ccccc1. The Kier molecular flexibility index (Phi) is 9.52. The molecule has 1 N–H and O–H groups in total. The van der Waals surface area contributed by atoms with E-state index in [0.29, 0.717) is 13.2 Å². The first kappa shape index (κ1) is 21.9. The van der Waals surface area contributed by atoms with Crippen LogP contribution in [0, 0.1) is 0 Å². The zero-order valence-corrected chi connectivity index (χ0v) is 17.2. The van der Waals surface area contributed by atoms with Crippen molar-refractivity contribution < 1.29 is 14.3 Å². The van der Waals surface area contributed by atoms with Gasteiger partial charge in [-0.15, -0.1) is 0 Å². The number of amides is 1. The monoisotopic (exact) mass is 384 g/mol. The second-order valence-corrected chi connectivity index (χ2v) is 6.71. The average Bonchev–Trinajstić information content (AvgIpc) is 2.74. The van der Waals surface area contributed by atoms with Crippen molar-refractivity contribution in [1.29, 1.82) is 0 Å². The third-order valence-electron chi connectivity index (χ3n) is 4.84. The molecule has 5 heteroatoms. The zero-order chi connectivity index (χ0) is 20.2. The summed E-state index contributed by atoms with van der Waals surface area (Å²) in [5, 5.41) is 3.03. The molecule has 1 unspecified atom stereocenters. The van der Waals surface area contributed by atoms with Crippen LogP contribution in [0.3, 0.4) is 0 Å². The Morgan fingerprint density at radius 1 is 1.00 bits per heavy atom. The minimum atomic E-state index is -0.0845. The lowest BCUT2D eigenvalue weighted by Crippen LogP contribution is -2.45. The highest BCUT2D eigenvalue weighted by atomic mass is 16.5. The van der Waals surface area contributed by atoms with Gasteiger partial charge < -0.3 is 14.8 Å². The second-order valence-electron chi connectivity index (χ2n) is 6.71. The van der Waals surface area contributed by atoms with Crippen LogP contribution in [0.2, 0.25) is 0 Å². The molecule has 0 aliphatic heterocycles. The highest BCUT2D eigenvalue weighted by Crippen LogP contribution is 2.12. The Labute approximate surface area is 168 Å². The molecule has 2 aromatic rings. The molecule has 0 saturated heterocycles. The van der Waals surface area contributed by atoms with Crippen LogP contribution in [0.5, 0.6) is 5.75 Å². The summed E-state index contributed by atoms with van der Waals surface area (Å²) in [6.07, 6.45) is 0.912. The number of nitrogens with one attached hydrogen (secondary N) is 1. The van der Waals surface area contributed by atoms with Crippen LogP contribution in [0.1, 0.15) is 25.0 Å². The molecule has 0 aliphatic carbocycles. The number of methoxy groups -OCH3 is 1. The van der Waals surface area contributed by atoms with E-state index in [9.17, 15) is 4.79 Å². The van der Waals surface area contributed by atoms with Gasteiger partial charge in [-0.3, -0.25) is 9.69 Å². The van der Waals surface area contributed by atoms with Crippen LogP contribution < -0.4 is 10.1 Å².